The van der Waals surface area contributed by atoms with Crippen molar-refractivity contribution in [2.75, 3.05) is 7.11 Å². The number of rotatable bonds is 2. The van der Waals surface area contributed by atoms with E-state index in [1.807, 2.05) is 0 Å². The van der Waals surface area contributed by atoms with E-state index in [1.54, 1.807) is 0 Å². The fourth-order valence-electron chi connectivity index (χ4n) is 2.54. The molecule has 0 radical (unpaired) electrons. The Balaban J connectivity index is 2.43. The van der Waals surface area contributed by atoms with Crippen molar-refractivity contribution in [2.24, 2.45) is 5.73 Å². The summed E-state index contributed by atoms with van der Waals surface area (Å²) in [5.74, 6) is -0.363. The van der Waals surface area contributed by atoms with Crippen LogP contribution in [0.2, 0.25) is 0 Å². The van der Waals surface area contributed by atoms with Gasteiger partial charge in [-0.15, -0.1) is 0 Å². The molecule has 4 heteroatoms. The van der Waals surface area contributed by atoms with Crippen LogP contribution >= 0.6 is 0 Å². The number of methoxy groups -OCH3 is 1. The molecule has 0 spiro atoms. The average Bonchev–Trinajstić information content (AvgIpc) is 2.30. The summed E-state index contributed by atoms with van der Waals surface area (Å²) in [5, 5.41) is 9.49. The minimum atomic E-state index is -0.622. The molecule has 0 atom stereocenters. The number of halogens is 1. The number of ether oxygens (including phenoxy) is 1. The monoisotopic (exact) mass is 239 g/mol. The second kappa shape index (κ2) is 4.53. The molecule has 1 saturated carbocycles. The molecule has 3 N–H and O–H groups in total. The molecule has 0 unspecified atom stereocenters. The van der Waals surface area contributed by atoms with Crippen LogP contribution in [-0.2, 0) is 5.54 Å². The largest absolute Gasteiger partial charge is 0.504 e. The molecule has 0 heterocycles. The Kier molecular flexibility index (Phi) is 3.24. The van der Waals surface area contributed by atoms with Gasteiger partial charge in [0.15, 0.2) is 11.5 Å². The lowest BCUT2D eigenvalue weighted by molar-refractivity contribution is 0.289. The first-order valence-corrected chi connectivity index (χ1v) is 5.93. The highest BCUT2D eigenvalue weighted by molar-refractivity contribution is 5.45. The predicted molar refractivity (Wildman–Crippen MR) is 63.6 cm³/mol. The van der Waals surface area contributed by atoms with E-state index >= 15 is 0 Å². The van der Waals surface area contributed by atoms with E-state index in [2.05, 4.69) is 0 Å². The molecule has 0 aromatic heterocycles. The minimum Gasteiger partial charge on any atom is -0.504 e. The number of aromatic hydroxyl groups is 1. The van der Waals surface area contributed by atoms with Crippen LogP contribution in [-0.4, -0.2) is 12.2 Å². The third-order valence-corrected chi connectivity index (χ3v) is 3.55. The van der Waals surface area contributed by atoms with Crippen LogP contribution in [0.25, 0.3) is 0 Å². The molecule has 1 aromatic rings. The van der Waals surface area contributed by atoms with Gasteiger partial charge in [0.2, 0.25) is 0 Å². The smallest absolute Gasteiger partial charge is 0.161 e. The SMILES string of the molecule is COc1cc(C2(N)CCCCC2)c(F)cc1O. The summed E-state index contributed by atoms with van der Waals surface area (Å²) in [5.41, 5.74) is 6.11. The van der Waals surface area contributed by atoms with Crippen molar-refractivity contribution < 1.29 is 14.2 Å². The standard InChI is InChI=1S/C13H18FNO2/c1-17-12-7-9(10(14)8-11(12)16)13(15)5-3-2-4-6-13/h7-8,16H,2-6,15H2,1H3. The molecular weight excluding hydrogens is 221 g/mol. The molecule has 1 aliphatic carbocycles. The zero-order valence-corrected chi connectivity index (χ0v) is 10.0. The van der Waals surface area contributed by atoms with Gasteiger partial charge >= 0.3 is 0 Å². The number of benzene rings is 1. The molecule has 3 nitrogen and oxygen atoms in total. The Morgan fingerprint density at radius 1 is 1.29 bits per heavy atom. The summed E-state index contributed by atoms with van der Waals surface area (Å²) in [6.45, 7) is 0. The number of nitrogens with two attached hydrogens (primary N) is 1. The first-order valence-electron chi connectivity index (χ1n) is 5.93. The summed E-state index contributed by atoms with van der Waals surface area (Å²) in [7, 11) is 1.45. The maximum absolute atomic E-state index is 13.9. The van der Waals surface area contributed by atoms with E-state index in [-0.39, 0.29) is 11.5 Å². The highest BCUT2D eigenvalue weighted by atomic mass is 19.1. The quantitative estimate of drug-likeness (QED) is 0.834. The fourth-order valence-corrected chi connectivity index (χ4v) is 2.54. The summed E-state index contributed by atoms with van der Waals surface area (Å²) < 4.78 is 18.9. The molecular formula is C13H18FNO2. The van der Waals surface area contributed by atoms with E-state index in [0.717, 1.165) is 38.2 Å². The van der Waals surface area contributed by atoms with Crippen molar-refractivity contribution in [1.82, 2.24) is 0 Å². The van der Waals surface area contributed by atoms with Crippen molar-refractivity contribution in [3.05, 3.63) is 23.5 Å². The molecule has 0 amide bonds. The molecule has 1 aromatic carbocycles. The molecule has 94 valence electrons. The summed E-state index contributed by atoms with van der Waals surface area (Å²) >= 11 is 0. The minimum absolute atomic E-state index is 0.187. The Labute approximate surface area is 100 Å². The fraction of sp³-hybridized carbons (Fsp3) is 0.538. The summed E-state index contributed by atoms with van der Waals surface area (Å²) in [4.78, 5) is 0. The van der Waals surface area contributed by atoms with Crippen molar-refractivity contribution in [2.45, 2.75) is 37.6 Å². The third-order valence-electron chi connectivity index (χ3n) is 3.55. The highest BCUT2D eigenvalue weighted by Gasteiger charge is 2.32. The Morgan fingerprint density at radius 2 is 1.94 bits per heavy atom. The van der Waals surface area contributed by atoms with Gasteiger partial charge in [-0.25, -0.2) is 4.39 Å². The van der Waals surface area contributed by atoms with Crippen LogP contribution in [0.3, 0.4) is 0 Å². The van der Waals surface area contributed by atoms with E-state index < -0.39 is 11.4 Å². The lowest BCUT2D eigenvalue weighted by atomic mass is 9.77. The van der Waals surface area contributed by atoms with Gasteiger partial charge < -0.3 is 15.6 Å². The maximum atomic E-state index is 13.9. The molecule has 1 aliphatic rings. The van der Waals surface area contributed by atoms with Gasteiger partial charge in [0.1, 0.15) is 5.82 Å². The van der Waals surface area contributed by atoms with Gasteiger partial charge in [0, 0.05) is 17.2 Å². The zero-order chi connectivity index (χ0) is 12.5. The van der Waals surface area contributed by atoms with Crippen molar-refractivity contribution >= 4 is 0 Å². The van der Waals surface area contributed by atoms with E-state index in [0.29, 0.717) is 5.56 Å². The van der Waals surface area contributed by atoms with Crippen molar-refractivity contribution in [1.29, 1.82) is 0 Å². The Morgan fingerprint density at radius 3 is 2.53 bits per heavy atom. The van der Waals surface area contributed by atoms with Gasteiger partial charge in [-0.2, -0.15) is 0 Å². The average molecular weight is 239 g/mol. The van der Waals surface area contributed by atoms with Gasteiger partial charge in [-0.1, -0.05) is 19.3 Å². The van der Waals surface area contributed by atoms with Crippen LogP contribution in [0.4, 0.5) is 4.39 Å². The number of hydrogen-bond donors (Lipinski definition) is 2. The zero-order valence-electron chi connectivity index (χ0n) is 10.0. The molecule has 0 bridgehead atoms. The van der Waals surface area contributed by atoms with Crippen molar-refractivity contribution in [3.8, 4) is 11.5 Å². The second-order valence-electron chi connectivity index (χ2n) is 4.72. The van der Waals surface area contributed by atoms with Crippen LogP contribution in [0.5, 0.6) is 11.5 Å². The van der Waals surface area contributed by atoms with E-state index in [1.165, 1.54) is 13.2 Å². The topological polar surface area (TPSA) is 55.5 Å². The summed E-state index contributed by atoms with van der Waals surface area (Å²) in [6, 6.07) is 2.60. The second-order valence-corrected chi connectivity index (χ2v) is 4.72. The van der Waals surface area contributed by atoms with Crippen LogP contribution in [0.1, 0.15) is 37.7 Å². The lowest BCUT2D eigenvalue weighted by Gasteiger charge is -2.34. The number of hydrogen-bond acceptors (Lipinski definition) is 3. The molecule has 0 aliphatic heterocycles. The van der Waals surface area contributed by atoms with E-state index in [9.17, 15) is 9.50 Å². The third kappa shape index (κ3) is 2.22. The first kappa shape index (κ1) is 12.2. The molecule has 1 fully saturated rings. The van der Waals surface area contributed by atoms with Gasteiger partial charge in [0.25, 0.3) is 0 Å². The van der Waals surface area contributed by atoms with Crippen LogP contribution < -0.4 is 10.5 Å². The Bertz CT molecular complexity index is 414. The normalized spacial score (nSPS) is 19.0. The molecule has 17 heavy (non-hydrogen) atoms. The van der Waals surface area contributed by atoms with Gasteiger partial charge in [-0.3, -0.25) is 0 Å². The molecule has 0 saturated heterocycles. The first-order chi connectivity index (χ1) is 8.07. The maximum Gasteiger partial charge on any atom is 0.161 e. The Hall–Kier alpha value is -1.29. The highest BCUT2D eigenvalue weighted by Crippen LogP contribution is 2.39. The van der Waals surface area contributed by atoms with E-state index in [4.69, 9.17) is 10.5 Å². The summed E-state index contributed by atoms with van der Waals surface area (Å²) in [6.07, 6.45) is 4.73. The lowest BCUT2D eigenvalue weighted by Crippen LogP contribution is -2.39. The predicted octanol–water partition coefficient (Wildman–Crippen LogP) is 2.66. The van der Waals surface area contributed by atoms with Crippen molar-refractivity contribution in [3.63, 3.8) is 0 Å². The van der Waals surface area contributed by atoms with Crippen LogP contribution in [0, 0.1) is 5.82 Å². The van der Waals surface area contributed by atoms with Gasteiger partial charge in [-0.05, 0) is 18.9 Å². The van der Waals surface area contributed by atoms with Crippen LogP contribution in [0.15, 0.2) is 12.1 Å². The molecule has 2 rings (SSSR count). The number of phenols is 1. The van der Waals surface area contributed by atoms with Gasteiger partial charge in [0.05, 0.1) is 7.11 Å². The number of phenolic OH excluding ortho intramolecular Hbond substituents is 1.